The SMILES string of the molecule is C=C(C)C[C@@H]1N(c2ccc(Br)cc2)C(=O)[C@H]2[C@@H](C(=O)[O-])[C@@H]3C=C[C@@]12O3. The topological polar surface area (TPSA) is 69.7 Å². The van der Waals surface area contributed by atoms with Crippen molar-refractivity contribution in [1.82, 2.24) is 0 Å². The van der Waals surface area contributed by atoms with Crippen LogP contribution in [0.4, 0.5) is 5.69 Å². The summed E-state index contributed by atoms with van der Waals surface area (Å²) in [6.45, 7) is 5.88. The zero-order chi connectivity index (χ0) is 17.9. The van der Waals surface area contributed by atoms with Crippen molar-refractivity contribution in [2.75, 3.05) is 4.90 Å². The highest BCUT2D eigenvalue weighted by Gasteiger charge is 2.69. The zero-order valence-electron chi connectivity index (χ0n) is 13.6. The molecule has 1 spiro atoms. The van der Waals surface area contributed by atoms with Crippen LogP contribution in [-0.4, -0.2) is 29.6 Å². The number of carbonyl (C=O) groups excluding carboxylic acids is 2. The van der Waals surface area contributed by atoms with Crippen LogP contribution in [-0.2, 0) is 14.3 Å². The number of fused-ring (bicyclic) bond motifs is 1. The van der Waals surface area contributed by atoms with E-state index in [0.717, 1.165) is 15.7 Å². The lowest BCUT2D eigenvalue weighted by Crippen LogP contribution is -2.46. The molecule has 5 atom stereocenters. The number of benzene rings is 1. The number of nitrogens with zero attached hydrogens (tertiary/aromatic N) is 1. The molecule has 0 unspecified atom stereocenters. The molecule has 6 heteroatoms. The smallest absolute Gasteiger partial charge is 0.234 e. The summed E-state index contributed by atoms with van der Waals surface area (Å²) < 4.78 is 6.98. The molecule has 130 valence electrons. The van der Waals surface area contributed by atoms with Crippen molar-refractivity contribution in [1.29, 1.82) is 0 Å². The van der Waals surface area contributed by atoms with Gasteiger partial charge >= 0.3 is 0 Å². The molecule has 3 aliphatic heterocycles. The number of halogens is 1. The molecule has 2 saturated heterocycles. The average Bonchev–Trinajstić information content (AvgIpc) is 3.18. The number of carboxylic acids is 1. The van der Waals surface area contributed by atoms with Crippen molar-refractivity contribution >= 4 is 33.5 Å². The molecular weight excluding hydrogens is 386 g/mol. The molecule has 4 rings (SSSR count). The normalized spacial score (nSPS) is 35.3. The quantitative estimate of drug-likeness (QED) is 0.720. The summed E-state index contributed by atoms with van der Waals surface area (Å²) in [7, 11) is 0. The second-order valence-electron chi connectivity index (χ2n) is 6.98. The zero-order valence-corrected chi connectivity index (χ0v) is 15.2. The molecule has 5 nitrogen and oxygen atoms in total. The maximum Gasteiger partial charge on any atom is 0.234 e. The van der Waals surface area contributed by atoms with Gasteiger partial charge in [-0.3, -0.25) is 4.79 Å². The standard InChI is InChI=1S/C19H18BrNO4/c1-10(2)9-14-19-8-7-13(25-19)15(18(23)24)16(19)17(22)21(14)12-5-3-11(20)4-6-12/h3-8,13-16H,1,9H2,2H3,(H,23,24)/p-1/t13-,14-,15-,16+,19+/m0/s1. The third-order valence-corrected chi connectivity index (χ3v) is 5.87. The molecular formula is C19H17BrNO4-. The van der Waals surface area contributed by atoms with Gasteiger partial charge in [0.25, 0.3) is 0 Å². The van der Waals surface area contributed by atoms with E-state index in [1.54, 1.807) is 11.0 Å². The first-order valence-electron chi connectivity index (χ1n) is 8.16. The lowest BCUT2D eigenvalue weighted by atomic mass is 9.74. The van der Waals surface area contributed by atoms with Gasteiger partial charge in [0.05, 0.1) is 18.1 Å². The van der Waals surface area contributed by atoms with Crippen LogP contribution >= 0.6 is 15.9 Å². The van der Waals surface area contributed by atoms with Crippen LogP contribution in [0.1, 0.15) is 13.3 Å². The summed E-state index contributed by atoms with van der Waals surface area (Å²) in [5.41, 5.74) is 0.700. The van der Waals surface area contributed by atoms with Crippen molar-refractivity contribution < 1.29 is 19.4 Å². The molecule has 2 fully saturated rings. The predicted octanol–water partition coefficient (Wildman–Crippen LogP) is 1.82. The highest BCUT2D eigenvalue weighted by atomic mass is 79.9. The highest BCUT2D eigenvalue weighted by Crippen LogP contribution is 2.56. The lowest BCUT2D eigenvalue weighted by Gasteiger charge is -2.33. The summed E-state index contributed by atoms with van der Waals surface area (Å²) in [5, 5.41) is 11.7. The number of amides is 1. The van der Waals surface area contributed by atoms with Gasteiger partial charge in [-0.1, -0.05) is 33.7 Å². The third-order valence-electron chi connectivity index (χ3n) is 5.34. The van der Waals surface area contributed by atoms with Gasteiger partial charge in [-0.15, -0.1) is 6.58 Å². The Morgan fingerprint density at radius 1 is 1.40 bits per heavy atom. The Hall–Kier alpha value is -1.92. The van der Waals surface area contributed by atoms with Crippen LogP contribution in [0, 0.1) is 11.8 Å². The van der Waals surface area contributed by atoms with E-state index in [-0.39, 0.29) is 11.9 Å². The maximum atomic E-state index is 13.2. The summed E-state index contributed by atoms with van der Waals surface area (Å²) in [6, 6.07) is 7.08. The van der Waals surface area contributed by atoms with Gasteiger partial charge in [0.1, 0.15) is 5.60 Å². The van der Waals surface area contributed by atoms with Gasteiger partial charge in [0.2, 0.25) is 5.91 Å². The molecule has 1 aromatic rings. The first-order valence-corrected chi connectivity index (χ1v) is 8.95. The molecule has 3 heterocycles. The number of carbonyl (C=O) groups is 2. The number of rotatable bonds is 4. The van der Waals surface area contributed by atoms with Crippen molar-refractivity contribution in [2.45, 2.75) is 31.1 Å². The van der Waals surface area contributed by atoms with Crippen LogP contribution < -0.4 is 10.0 Å². The van der Waals surface area contributed by atoms with Crippen molar-refractivity contribution in [3.05, 3.63) is 53.0 Å². The second kappa shape index (κ2) is 5.54. The monoisotopic (exact) mass is 402 g/mol. The summed E-state index contributed by atoms with van der Waals surface area (Å²) >= 11 is 3.39. The molecule has 1 amide bonds. The largest absolute Gasteiger partial charge is 0.550 e. The van der Waals surface area contributed by atoms with E-state index < -0.39 is 29.5 Å². The molecule has 0 radical (unpaired) electrons. The van der Waals surface area contributed by atoms with Crippen LogP contribution in [0.3, 0.4) is 0 Å². The minimum atomic E-state index is -1.23. The first-order chi connectivity index (χ1) is 11.8. The fraction of sp³-hybridized carbons (Fsp3) is 0.368. The van der Waals surface area contributed by atoms with Crippen molar-refractivity contribution in [3.63, 3.8) is 0 Å². The van der Waals surface area contributed by atoms with Crippen molar-refractivity contribution in [2.24, 2.45) is 11.8 Å². The average molecular weight is 403 g/mol. The summed E-state index contributed by atoms with van der Waals surface area (Å²) in [4.78, 5) is 26.6. The van der Waals surface area contributed by atoms with E-state index in [1.807, 2.05) is 37.3 Å². The first kappa shape index (κ1) is 16.5. The van der Waals surface area contributed by atoms with Crippen LogP contribution in [0.2, 0.25) is 0 Å². The van der Waals surface area contributed by atoms with Gasteiger partial charge in [0.15, 0.2) is 0 Å². The van der Waals surface area contributed by atoms with E-state index in [4.69, 9.17) is 4.74 Å². The Morgan fingerprint density at radius 2 is 2.08 bits per heavy atom. The fourth-order valence-corrected chi connectivity index (χ4v) is 4.67. The molecule has 0 N–H and O–H groups in total. The Kier molecular flexibility index (Phi) is 3.67. The molecule has 3 aliphatic rings. The van der Waals surface area contributed by atoms with E-state index >= 15 is 0 Å². The van der Waals surface area contributed by atoms with Gasteiger partial charge in [-0.2, -0.15) is 0 Å². The molecule has 0 aromatic heterocycles. The van der Waals surface area contributed by atoms with Crippen LogP contribution in [0.25, 0.3) is 0 Å². The highest BCUT2D eigenvalue weighted by molar-refractivity contribution is 9.10. The Morgan fingerprint density at radius 3 is 2.68 bits per heavy atom. The number of aliphatic carboxylic acids is 1. The fourth-order valence-electron chi connectivity index (χ4n) is 4.41. The van der Waals surface area contributed by atoms with Crippen LogP contribution in [0.15, 0.2) is 53.0 Å². The number of ether oxygens (including phenoxy) is 1. The predicted molar refractivity (Wildman–Crippen MR) is 93.6 cm³/mol. The van der Waals surface area contributed by atoms with E-state index in [9.17, 15) is 14.7 Å². The van der Waals surface area contributed by atoms with E-state index in [1.165, 1.54) is 0 Å². The molecule has 0 saturated carbocycles. The van der Waals surface area contributed by atoms with Gasteiger partial charge in [0, 0.05) is 22.0 Å². The molecule has 25 heavy (non-hydrogen) atoms. The lowest BCUT2D eigenvalue weighted by molar-refractivity contribution is -0.313. The maximum absolute atomic E-state index is 13.2. The summed E-state index contributed by atoms with van der Waals surface area (Å²) in [5.74, 6) is -3.18. The Balaban J connectivity index is 1.84. The van der Waals surface area contributed by atoms with Gasteiger partial charge < -0.3 is 19.5 Å². The molecule has 1 aromatic carbocycles. The number of anilines is 1. The number of carboxylic acid groups (broad SMARTS) is 1. The Bertz CT molecular complexity index is 802. The van der Waals surface area contributed by atoms with Crippen molar-refractivity contribution in [3.8, 4) is 0 Å². The van der Waals surface area contributed by atoms with E-state index in [2.05, 4.69) is 22.5 Å². The number of hydrogen-bond donors (Lipinski definition) is 0. The second-order valence-corrected chi connectivity index (χ2v) is 7.89. The summed E-state index contributed by atoms with van der Waals surface area (Å²) in [6.07, 6.45) is 3.56. The third kappa shape index (κ3) is 2.24. The molecule has 2 bridgehead atoms. The Labute approximate surface area is 154 Å². The minimum absolute atomic E-state index is 0.227. The van der Waals surface area contributed by atoms with Gasteiger partial charge in [-0.05, 0) is 37.6 Å². The van der Waals surface area contributed by atoms with Gasteiger partial charge in [-0.25, -0.2) is 0 Å². The number of hydrogen-bond acceptors (Lipinski definition) is 4. The molecule has 0 aliphatic carbocycles. The van der Waals surface area contributed by atoms with Crippen LogP contribution in [0.5, 0.6) is 0 Å². The van der Waals surface area contributed by atoms with E-state index in [0.29, 0.717) is 6.42 Å². The minimum Gasteiger partial charge on any atom is -0.550 e.